The Labute approximate surface area is 145 Å². The summed E-state index contributed by atoms with van der Waals surface area (Å²) in [6, 6.07) is 5.76. The first kappa shape index (κ1) is 20.6. The van der Waals surface area contributed by atoms with Crippen LogP contribution >= 0.6 is 12.4 Å². The molecule has 1 aliphatic heterocycles. The summed E-state index contributed by atoms with van der Waals surface area (Å²) in [6.07, 6.45) is -3.65. The summed E-state index contributed by atoms with van der Waals surface area (Å²) in [6.45, 7) is 3.82. The van der Waals surface area contributed by atoms with Crippen LogP contribution in [-0.4, -0.2) is 42.7 Å². The van der Waals surface area contributed by atoms with Crippen molar-refractivity contribution < 1.29 is 22.7 Å². The topological polar surface area (TPSA) is 55.6 Å². The van der Waals surface area contributed by atoms with Crippen molar-refractivity contribution in [1.82, 2.24) is 4.90 Å². The van der Waals surface area contributed by atoms with Crippen molar-refractivity contribution in [2.24, 2.45) is 11.1 Å². The predicted molar refractivity (Wildman–Crippen MR) is 87.5 cm³/mol. The number of hydrogen-bond donors (Lipinski definition) is 1. The van der Waals surface area contributed by atoms with Crippen LogP contribution in [0.3, 0.4) is 0 Å². The number of ether oxygens (including phenoxy) is 1. The van der Waals surface area contributed by atoms with E-state index in [1.54, 1.807) is 4.90 Å². The van der Waals surface area contributed by atoms with Gasteiger partial charge in [-0.25, -0.2) is 0 Å². The van der Waals surface area contributed by atoms with E-state index in [2.05, 4.69) is 4.74 Å². The van der Waals surface area contributed by atoms with E-state index in [1.807, 2.05) is 13.8 Å². The van der Waals surface area contributed by atoms with Gasteiger partial charge in [-0.3, -0.25) is 4.79 Å². The second-order valence-electron chi connectivity index (χ2n) is 6.54. The molecule has 2 N–H and O–H groups in total. The van der Waals surface area contributed by atoms with Crippen LogP contribution in [0.5, 0.6) is 5.75 Å². The lowest BCUT2D eigenvalue weighted by Crippen LogP contribution is -2.53. The Hall–Kier alpha value is -1.47. The van der Waals surface area contributed by atoms with Crippen molar-refractivity contribution in [3.63, 3.8) is 0 Å². The van der Waals surface area contributed by atoms with E-state index in [0.717, 1.165) is 6.42 Å². The van der Waals surface area contributed by atoms with Gasteiger partial charge in [-0.15, -0.1) is 12.4 Å². The molecule has 1 saturated heterocycles. The maximum atomic E-state index is 12.5. The number of piperidine rings is 1. The highest BCUT2D eigenvalue weighted by Crippen LogP contribution is 2.29. The van der Waals surface area contributed by atoms with Crippen LogP contribution in [0.1, 0.15) is 30.6 Å². The molecule has 1 heterocycles. The van der Waals surface area contributed by atoms with Crippen LogP contribution in [0.2, 0.25) is 0 Å². The quantitative estimate of drug-likeness (QED) is 0.893. The third-order valence-corrected chi connectivity index (χ3v) is 4.10. The molecular formula is C16H22ClF3N2O2. The van der Waals surface area contributed by atoms with E-state index in [4.69, 9.17) is 5.73 Å². The summed E-state index contributed by atoms with van der Waals surface area (Å²) in [5, 5.41) is 0. The lowest BCUT2D eigenvalue weighted by Gasteiger charge is -2.42. The van der Waals surface area contributed by atoms with Crippen LogP contribution in [-0.2, 0) is 0 Å². The van der Waals surface area contributed by atoms with Gasteiger partial charge in [-0.1, -0.05) is 13.8 Å². The molecule has 24 heavy (non-hydrogen) atoms. The fourth-order valence-electron chi connectivity index (χ4n) is 2.59. The first-order chi connectivity index (χ1) is 10.6. The van der Waals surface area contributed by atoms with E-state index in [9.17, 15) is 18.0 Å². The first-order valence-corrected chi connectivity index (χ1v) is 7.43. The third-order valence-electron chi connectivity index (χ3n) is 4.10. The Morgan fingerprint density at radius 1 is 1.33 bits per heavy atom. The van der Waals surface area contributed by atoms with Crippen molar-refractivity contribution >= 4 is 18.3 Å². The number of nitrogens with two attached hydrogens (primary N) is 1. The minimum absolute atomic E-state index is 0. The average molecular weight is 367 g/mol. The number of halogens is 4. The van der Waals surface area contributed by atoms with E-state index in [-0.39, 0.29) is 35.5 Å². The van der Waals surface area contributed by atoms with Gasteiger partial charge in [0.05, 0.1) is 0 Å². The molecule has 1 aliphatic rings. The van der Waals surface area contributed by atoms with E-state index >= 15 is 0 Å². The van der Waals surface area contributed by atoms with Crippen molar-refractivity contribution in [2.75, 3.05) is 19.7 Å². The van der Waals surface area contributed by atoms with Gasteiger partial charge in [0.25, 0.3) is 5.91 Å². The van der Waals surface area contributed by atoms with Gasteiger partial charge in [0.15, 0.2) is 6.61 Å². The SMILES string of the molecule is CC1(C)CN(C(=O)c2ccc(OCC(F)(F)F)cc2)CCC1N.Cl. The molecule has 1 aromatic rings. The smallest absolute Gasteiger partial charge is 0.422 e. The second-order valence-corrected chi connectivity index (χ2v) is 6.54. The standard InChI is InChI=1S/C16H21F3N2O2.ClH/c1-15(2)9-21(8-7-13(15)20)14(22)11-3-5-12(6-4-11)23-10-16(17,18)19;/h3-6,13H,7-10,20H2,1-2H3;1H. The number of benzene rings is 1. The van der Waals surface area contributed by atoms with Crippen LogP contribution < -0.4 is 10.5 Å². The molecule has 8 heteroatoms. The number of carbonyl (C=O) groups is 1. The zero-order valence-electron chi connectivity index (χ0n) is 13.6. The number of hydrogen-bond acceptors (Lipinski definition) is 3. The number of likely N-dealkylation sites (tertiary alicyclic amines) is 1. The van der Waals surface area contributed by atoms with Crippen LogP contribution in [0.25, 0.3) is 0 Å². The maximum absolute atomic E-state index is 12.5. The molecule has 0 spiro atoms. The van der Waals surface area contributed by atoms with Crippen molar-refractivity contribution in [1.29, 1.82) is 0 Å². The normalized spacial score (nSPS) is 20.2. The summed E-state index contributed by atoms with van der Waals surface area (Å²) in [4.78, 5) is 14.2. The average Bonchev–Trinajstić information content (AvgIpc) is 2.47. The van der Waals surface area contributed by atoms with Crippen LogP contribution in [0.4, 0.5) is 13.2 Å². The Kier molecular flexibility index (Phi) is 6.52. The number of rotatable bonds is 3. The van der Waals surface area contributed by atoms with Crippen molar-refractivity contribution in [3.8, 4) is 5.75 Å². The molecule has 4 nitrogen and oxygen atoms in total. The molecule has 136 valence electrons. The fraction of sp³-hybridized carbons (Fsp3) is 0.562. The molecular weight excluding hydrogens is 345 g/mol. The molecule has 1 fully saturated rings. The van der Waals surface area contributed by atoms with Crippen LogP contribution in [0, 0.1) is 5.41 Å². The van der Waals surface area contributed by atoms with Gasteiger partial charge in [-0.2, -0.15) is 13.2 Å². The highest BCUT2D eigenvalue weighted by atomic mass is 35.5. The maximum Gasteiger partial charge on any atom is 0.422 e. The Morgan fingerprint density at radius 2 is 1.92 bits per heavy atom. The molecule has 0 radical (unpaired) electrons. The molecule has 1 unspecified atom stereocenters. The predicted octanol–water partition coefficient (Wildman–Crippen LogP) is 3.25. The Morgan fingerprint density at radius 3 is 2.42 bits per heavy atom. The molecule has 2 rings (SSSR count). The summed E-state index contributed by atoms with van der Waals surface area (Å²) in [7, 11) is 0. The van der Waals surface area contributed by atoms with Crippen molar-refractivity contribution in [2.45, 2.75) is 32.5 Å². The minimum Gasteiger partial charge on any atom is -0.484 e. The van der Waals surface area contributed by atoms with E-state index < -0.39 is 12.8 Å². The highest BCUT2D eigenvalue weighted by molar-refractivity contribution is 5.94. The number of amides is 1. The van der Waals surface area contributed by atoms with Gasteiger partial charge in [-0.05, 0) is 36.1 Å². The fourth-order valence-corrected chi connectivity index (χ4v) is 2.59. The zero-order valence-corrected chi connectivity index (χ0v) is 14.4. The van der Waals surface area contributed by atoms with E-state index in [1.165, 1.54) is 24.3 Å². The van der Waals surface area contributed by atoms with Gasteiger partial charge >= 0.3 is 6.18 Å². The highest BCUT2D eigenvalue weighted by Gasteiger charge is 2.35. The first-order valence-electron chi connectivity index (χ1n) is 7.43. The molecule has 1 amide bonds. The summed E-state index contributed by atoms with van der Waals surface area (Å²) in [5.41, 5.74) is 6.32. The molecule has 0 saturated carbocycles. The van der Waals surface area contributed by atoms with Gasteiger partial charge in [0.1, 0.15) is 5.75 Å². The zero-order chi connectivity index (χ0) is 17.3. The number of nitrogens with zero attached hydrogens (tertiary/aromatic N) is 1. The minimum atomic E-state index is -4.38. The van der Waals surface area contributed by atoms with Gasteiger partial charge in [0.2, 0.25) is 0 Å². The second kappa shape index (κ2) is 7.61. The molecule has 1 atom stereocenters. The van der Waals surface area contributed by atoms with Crippen molar-refractivity contribution in [3.05, 3.63) is 29.8 Å². The van der Waals surface area contributed by atoms with Crippen LogP contribution in [0.15, 0.2) is 24.3 Å². The Bertz CT molecular complexity index is 561. The molecule has 0 bridgehead atoms. The largest absolute Gasteiger partial charge is 0.484 e. The summed E-state index contributed by atoms with van der Waals surface area (Å²) < 4.78 is 40.9. The number of carbonyl (C=O) groups excluding carboxylic acids is 1. The Balaban J connectivity index is 0.00000288. The van der Waals surface area contributed by atoms with Gasteiger partial charge in [0, 0.05) is 24.7 Å². The third kappa shape index (κ3) is 5.27. The number of alkyl halides is 3. The molecule has 0 aliphatic carbocycles. The van der Waals surface area contributed by atoms with E-state index in [0.29, 0.717) is 18.7 Å². The van der Waals surface area contributed by atoms with Gasteiger partial charge < -0.3 is 15.4 Å². The molecule has 0 aromatic heterocycles. The summed E-state index contributed by atoms with van der Waals surface area (Å²) >= 11 is 0. The monoisotopic (exact) mass is 366 g/mol. The summed E-state index contributed by atoms with van der Waals surface area (Å²) in [5.74, 6) is -0.0628. The lowest BCUT2D eigenvalue weighted by atomic mass is 9.79. The molecule has 1 aromatic carbocycles. The lowest BCUT2D eigenvalue weighted by molar-refractivity contribution is -0.153.